The van der Waals surface area contributed by atoms with E-state index in [-0.39, 0.29) is 30.3 Å². The van der Waals surface area contributed by atoms with Gasteiger partial charge >= 0.3 is 0 Å². The Bertz CT molecular complexity index is 829. The monoisotopic (exact) mass is 410 g/mol. The molecule has 1 atom stereocenters. The molecule has 2 aromatic carbocycles. The summed E-state index contributed by atoms with van der Waals surface area (Å²) in [4.78, 5) is 26.7. The first-order valence-corrected chi connectivity index (χ1v) is 9.31. The molecule has 0 aliphatic carbocycles. The third kappa shape index (κ3) is 5.44. The number of benzene rings is 2. The first-order chi connectivity index (χ1) is 12.9. The molecule has 0 heterocycles. The smallest absolute Gasteiger partial charge is 0.242 e. The molecular formula is C20H21Cl2FN2O2. The molecule has 27 heavy (non-hydrogen) atoms. The van der Waals surface area contributed by atoms with Gasteiger partial charge in [-0.1, -0.05) is 54.4 Å². The zero-order chi connectivity index (χ0) is 20.0. The summed E-state index contributed by atoms with van der Waals surface area (Å²) in [5, 5.41) is 3.35. The third-order valence-corrected chi connectivity index (χ3v) is 5.01. The minimum Gasteiger partial charge on any atom is -0.357 e. The van der Waals surface area contributed by atoms with Gasteiger partial charge < -0.3 is 10.2 Å². The number of carbonyl (C=O) groups excluding carboxylic acids is 2. The van der Waals surface area contributed by atoms with Gasteiger partial charge in [0.2, 0.25) is 11.8 Å². The van der Waals surface area contributed by atoms with E-state index in [0.717, 1.165) is 5.56 Å². The molecule has 2 rings (SSSR count). The molecule has 0 spiro atoms. The van der Waals surface area contributed by atoms with Crippen molar-refractivity contribution in [2.24, 2.45) is 0 Å². The normalized spacial score (nSPS) is 11.7. The predicted octanol–water partition coefficient (Wildman–Crippen LogP) is 4.23. The van der Waals surface area contributed by atoms with Gasteiger partial charge in [-0.15, -0.1) is 0 Å². The number of hydrogen-bond donors (Lipinski definition) is 1. The quantitative estimate of drug-likeness (QED) is 0.742. The molecule has 0 aliphatic heterocycles. The van der Waals surface area contributed by atoms with Crippen LogP contribution in [0, 0.1) is 5.82 Å². The number of carbonyl (C=O) groups is 2. The summed E-state index contributed by atoms with van der Waals surface area (Å²) in [7, 11) is 1.52. The average molecular weight is 411 g/mol. The Hall–Kier alpha value is -2.11. The molecule has 1 unspecified atom stereocenters. The van der Waals surface area contributed by atoms with E-state index in [1.807, 2.05) is 6.92 Å². The van der Waals surface area contributed by atoms with Crippen molar-refractivity contribution >= 4 is 35.0 Å². The predicted molar refractivity (Wildman–Crippen MR) is 105 cm³/mol. The van der Waals surface area contributed by atoms with E-state index in [0.29, 0.717) is 16.5 Å². The highest BCUT2D eigenvalue weighted by Crippen LogP contribution is 2.24. The van der Waals surface area contributed by atoms with Crippen LogP contribution in [-0.2, 0) is 22.6 Å². The molecule has 2 aromatic rings. The van der Waals surface area contributed by atoms with Gasteiger partial charge in [0.1, 0.15) is 11.9 Å². The zero-order valence-electron chi connectivity index (χ0n) is 15.1. The van der Waals surface area contributed by atoms with Gasteiger partial charge in [0, 0.05) is 13.6 Å². The highest BCUT2D eigenvalue weighted by Gasteiger charge is 2.28. The maximum Gasteiger partial charge on any atom is 0.242 e. The third-order valence-electron chi connectivity index (χ3n) is 4.27. The molecule has 144 valence electrons. The van der Waals surface area contributed by atoms with E-state index in [1.165, 1.54) is 18.0 Å². The van der Waals surface area contributed by atoms with Gasteiger partial charge in [0.25, 0.3) is 0 Å². The molecule has 2 amide bonds. The summed E-state index contributed by atoms with van der Waals surface area (Å²) in [5.74, 6) is -1.07. The summed E-state index contributed by atoms with van der Waals surface area (Å²) in [6.45, 7) is 1.98. The van der Waals surface area contributed by atoms with Gasteiger partial charge in [-0.3, -0.25) is 9.59 Å². The number of nitrogens with one attached hydrogen (secondary N) is 1. The van der Waals surface area contributed by atoms with Crippen LogP contribution in [0.15, 0.2) is 42.5 Å². The summed E-state index contributed by atoms with van der Waals surface area (Å²) in [6.07, 6.45) is 0.283. The van der Waals surface area contributed by atoms with E-state index in [1.54, 1.807) is 36.4 Å². The first-order valence-electron chi connectivity index (χ1n) is 8.55. The number of amides is 2. The van der Waals surface area contributed by atoms with Crippen LogP contribution in [0.5, 0.6) is 0 Å². The largest absolute Gasteiger partial charge is 0.357 e. The Kier molecular flexibility index (Phi) is 7.63. The molecule has 0 aromatic heterocycles. The number of rotatable bonds is 7. The van der Waals surface area contributed by atoms with Crippen molar-refractivity contribution in [3.8, 4) is 0 Å². The Morgan fingerprint density at radius 2 is 1.85 bits per heavy atom. The average Bonchev–Trinajstić information content (AvgIpc) is 2.65. The van der Waals surface area contributed by atoms with Crippen molar-refractivity contribution in [3.05, 3.63) is 69.5 Å². The Labute approximate surface area is 168 Å². The number of nitrogens with zero attached hydrogens (tertiary/aromatic N) is 1. The van der Waals surface area contributed by atoms with Crippen LogP contribution >= 0.6 is 23.2 Å². The van der Waals surface area contributed by atoms with Crippen LogP contribution in [0.2, 0.25) is 10.0 Å². The van der Waals surface area contributed by atoms with Crippen molar-refractivity contribution in [2.45, 2.75) is 32.4 Å². The van der Waals surface area contributed by atoms with Gasteiger partial charge in [-0.2, -0.15) is 0 Å². The fraction of sp³-hybridized carbons (Fsp3) is 0.300. The standard InChI is InChI=1S/C20H21Cl2FN2O2/c1-3-18(20(27)24-2)25(12-13-8-9-15(21)16(22)10-13)19(26)11-14-6-4-5-7-17(14)23/h4-10,18H,3,11-12H2,1-2H3,(H,24,27). The molecule has 0 fully saturated rings. The van der Waals surface area contributed by atoms with Crippen molar-refractivity contribution < 1.29 is 14.0 Å². The minimum atomic E-state index is -0.677. The van der Waals surface area contributed by atoms with Crippen molar-refractivity contribution in [2.75, 3.05) is 7.05 Å². The molecular weight excluding hydrogens is 390 g/mol. The molecule has 1 N–H and O–H groups in total. The molecule has 7 heteroatoms. The van der Waals surface area contributed by atoms with E-state index < -0.39 is 11.9 Å². The summed E-state index contributed by atoms with van der Waals surface area (Å²) in [5.41, 5.74) is 1.02. The molecule has 0 radical (unpaired) electrons. The highest BCUT2D eigenvalue weighted by atomic mass is 35.5. The van der Waals surface area contributed by atoms with Crippen molar-refractivity contribution in [1.82, 2.24) is 10.2 Å². The summed E-state index contributed by atoms with van der Waals surface area (Å²) < 4.78 is 14.0. The second kappa shape index (κ2) is 9.72. The van der Waals surface area contributed by atoms with Crippen LogP contribution in [0.4, 0.5) is 4.39 Å². The van der Waals surface area contributed by atoms with Crippen LogP contribution < -0.4 is 5.32 Å². The molecule has 0 saturated carbocycles. The van der Waals surface area contributed by atoms with Crippen molar-refractivity contribution in [1.29, 1.82) is 0 Å². The maximum atomic E-state index is 14.0. The topological polar surface area (TPSA) is 49.4 Å². The zero-order valence-corrected chi connectivity index (χ0v) is 16.6. The van der Waals surface area contributed by atoms with E-state index in [4.69, 9.17) is 23.2 Å². The molecule has 4 nitrogen and oxygen atoms in total. The van der Waals surface area contributed by atoms with Crippen LogP contribution in [0.25, 0.3) is 0 Å². The van der Waals surface area contributed by atoms with Crippen LogP contribution in [-0.4, -0.2) is 29.8 Å². The van der Waals surface area contributed by atoms with E-state index in [9.17, 15) is 14.0 Å². The van der Waals surface area contributed by atoms with Crippen LogP contribution in [0.3, 0.4) is 0 Å². The fourth-order valence-corrected chi connectivity index (χ4v) is 3.15. The highest BCUT2D eigenvalue weighted by molar-refractivity contribution is 6.42. The Balaban J connectivity index is 2.33. The molecule has 0 aliphatic rings. The van der Waals surface area contributed by atoms with E-state index >= 15 is 0 Å². The lowest BCUT2D eigenvalue weighted by Crippen LogP contribution is -2.48. The lowest BCUT2D eigenvalue weighted by molar-refractivity contribution is -0.140. The van der Waals surface area contributed by atoms with Gasteiger partial charge in [-0.25, -0.2) is 4.39 Å². The molecule has 0 saturated heterocycles. The van der Waals surface area contributed by atoms with Gasteiger partial charge in [0.05, 0.1) is 16.5 Å². The second-order valence-electron chi connectivity index (χ2n) is 6.08. The summed E-state index contributed by atoms with van der Waals surface area (Å²) in [6, 6.07) is 10.5. The number of halogens is 3. The second-order valence-corrected chi connectivity index (χ2v) is 6.89. The maximum absolute atomic E-state index is 14.0. The van der Waals surface area contributed by atoms with Crippen molar-refractivity contribution in [3.63, 3.8) is 0 Å². The van der Waals surface area contributed by atoms with Gasteiger partial charge in [0.15, 0.2) is 0 Å². The van der Waals surface area contributed by atoms with Gasteiger partial charge in [-0.05, 0) is 35.7 Å². The number of hydrogen-bond acceptors (Lipinski definition) is 2. The SMILES string of the molecule is CCC(C(=O)NC)N(Cc1ccc(Cl)c(Cl)c1)C(=O)Cc1ccccc1F. The summed E-state index contributed by atoms with van der Waals surface area (Å²) >= 11 is 12.0. The van der Waals surface area contributed by atoms with Crippen LogP contribution in [0.1, 0.15) is 24.5 Å². The first kappa shape index (κ1) is 21.2. The minimum absolute atomic E-state index is 0.137. The fourth-order valence-electron chi connectivity index (χ4n) is 2.83. The number of likely N-dealkylation sites (N-methyl/N-ethyl adjacent to an activating group) is 1. The lowest BCUT2D eigenvalue weighted by atomic mass is 10.1. The lowest BCUT2D eigenvalue weighted by Gasteiger charge is -2.30. The Morgan fingerprint density at radius 3 is 2.44 bits per heavy atom. The van der Waals surface area contributed by atoms with E-state index in [2.05, 4.69) is 5.32 Å². The Morgan fingerprint density at radius 1 is 1.15 bits per heavy atom. The molecule has 0 bridgehead atoms.